The van der Waals surface area contributed by atoms with Gasteiger partial charge in [0.2, 0.25) is 53.5 Å². The molecule has 1 atom stereocenters. The number of rotatable bonds is 27. The van der Waals surface area contributed by atoms with Gasteiger partial charge in [0.25, 0.3) is 0 Å². The molecule has 0 aromatic carbocycles. The van der Waals surface area contributed by atoms with Gasteiger partial charge >= 0.3 is 0 Å². The number of nitrogens with one attached hydrogen (secondary N) is 5. The fourth-order valence-electron chi connectivity index (χ4n) is 4.61. The molecule has 0 saturated carbocycles. The zero-order chi connectivity index (χ0) is 36.5. The van der Waals surface area contributed by atoms with Gasteiger partial charge in [0.05, 0.1) is 25.6 Å². The molecule has 14 nitrogen and oxygen atoms in total. The molecule has 0 unspecified atom stereocenters. The Morgan fingerprint density at radius 3 is 1.50 bits per heavy atom. The highest BCUT2D eigenvalue weighted by atomic mass is 16.2. The first-order chi connectivity index (χ1) is 22.6. The molecule has 0 aromatic rings. The number of hydrogen-bond donors (Lipinski definition) is 5. The van der Waals surface area contributed by atoms with Gasteiger partial charge in [-0.3, -0.25) is 43.3 Å². The minimum atomic E-state index is -0.821. The first-order valence-electron chi connectivity index (χ1n) is 16.4. The molecule has 0 bridgehead atoms. The van der Waals surface area contributed by atoms with Crippen LogP contribution in [0, 0.1) is 11.3 Å². The second-order valence-electron chi connectivity index (χ2n) is 12.8. The Balaban J connectivity index is 4.78. The minimum absolute atomic E-state index is 0.0801. The van der Waals surface area contributed by atoms with Crippen molar-refractivity contribution in [3.8, 4) is 0 Å². The van der Waals surface area contributed by atoms with E-state index in [4.69, 9.17) is 23.9 Å². The largest absolute Gasteiger partial charge is 0.409 e. The molecule has 5 N–H and O–H groups in total. The first-order valence-corrected chi connectivity index (χ1v) is 16.4. The van der Waals surface area contributed by atoms with Crippen LogP contribution >= 0.6 is 0 Å². The van der Waals surface area contributed by atoms with Crippen LogP contribution in [0.5, 0.6) is 0 Å². The Morgan fingerprint density at radius 2 is 0.979 bits per heavy atom. The third-order valence-corrected chi connectivity index (χ3v) is 7.43. The van der Waals surface area contributed by atoms with Gasteiger partial charge in [0.15, 0.2) is 0 Å². The van der Waals surface area contributed by atoms with E-state index in [9.17, 15) is 38.4 Å². The molecule has 0 heterocycles. The summed E-state index contributed by atoms with van der Waals surface area (Å²) in [5, 5.41) is 11.4. The summed E-state index contributed by atoms with van der Waals surface area (Å²) in [5.74, 6) is -3.29. The third kappa shape index (κ3) is 22.9. The van der Waals surface area contributed by atoms with Crippen LogP contribution in [-0.2, 0) is 38.4 Å². The molecule has 0 spiro atoms. The van der Waals surface area contributed by atoms with Crippen molar-refractivity contribution >= 4 is 70.8 Å². The number of Topliss-reactive ketones (excluding diaryl/α,β-unsaturated/α-hetero) is 3. The second kappa shape index (κ2) is 25.5. The topological polar surface area (TPSA) is 200 Å². The van der Waals surface area contributed by atoms with Crippen LogP contribution < -0.4 is 26.3 Å². The zero-order valence-corrected chi connectivity index (χ0v) is 28.8. The van der Waals surface area contributed by atoms with Crippen LogP contribution in [0.15, 0.2) is 0 Å². The number of nitrogens with zero attached hydrogens (tertiary/aromatic N) is 1. The van der Waals surface area contributed by atoms with Crippen LogP contribution in [-0.4, -0.2) is 108 Å². The minimum Gasteiger partial charge on any atom is -0.409 e. The Morgan fingerprint density at radius 1 is 0.542 bits per heavy atom. The molecule has 48 heavy (non-hydrogen) atoms. The van der Waals surface area contributed by atoms with Gasteiger partial charge < -0.3 is 26.3 Å². The molecule has 17 heteroatoms. The van der Waals surface area contributed by atoms with Crippen molar-refractivity contribution in [2.45, 2.75) is 104 Å². The molecular formula is C31H51B3N6O8. The molecule has 5 amide bonds. The van der Waals surface area contributed by atoms with E-state index in [1.54, 1.807) is 0 Å². The third-order valence-electron chi connectivity index (χ3n) is 7.43. The van der Waals surface area contributed by atoms with Crippen LogP contribution in [0.25, 0.3) is 0 Å². The lowest BCUT2D eigenvalue weighted by atomic mass is 9.87. The molecular weight excluding hydrogens is 617 g/mol. The lowest BCUT2D eigenvalue weighted by molar-refractivity contribution is -0.132. The molecule has 0 rings (SSSR count). The Labute approximate surface area is 288 Å². The van der Waals surface area contributed by atoms with Gasteiger partial charge in [-0.15, -0.1) is 0 Å². The predicted octanol–water partition coefficient (Wildman–Crippen LogP) is -0.439. The Kier molecular flexibility index (Phi) is 23.7. The van der Waals surface area contributed by atoms with E-state index in [2.05, 4.69) is 10.6 Å². The number of unbranched alkanes of at least 4 members (excludes halogenated alkanes) is 4. The van der Waals surface area contributed by atoms with Gasteiger partial charge in [-0.2, -0.15) is 0 Å². The predicted molar refractivity (Wildman–Crippen MR) is 182 cm³/mol. The SMILES string of the molecule is [B]NC(=O)CCCCNC(=O)[C@H](CC(=O)CCCCCNC(=O)CN(CC(=O)N[B])CC(=O)N[B])CC(=O)CCCCC(=O)C(C)(C)C. The van der Waals surface area contributed by atoms with Crippen molar-refractivity contribution in [1.82, 2.24) is 31.2 Å². The normalized spacial score (nSPS) is 11.7. The molecule has 0 aliphatic heterocycles. The van der Waals surface area contributed by atoms with E-state index in [0.29, 0.717) is 57.9 Å². The van der Waals surface area contributed by atoms with E-state index in [1.165, 1.54) is 4.90 Å². The molecule has 262 valence electrons. The summed E-state index contributed by atoms with van der Waals surface area (Å²) in [5.41, 5.74) is -0.437. The zero-order valence-electron chi connectivity index (χ0n) is 28.8. The number of ketones is 3. The quantitative estimate of drug-likeness (QED) is 0.0569. The van der Waals surface area contributed by atoms with E-state index < -0.39 is 35.0 Å². The average Bonchev–Trinajstić information content (AvgIpc) is 3.02. The van der Waals surface area contributed by atoms with E-state index in [0.717, 1.165) is 0 Å². The van der Waals surface area contributed by atoms with Crippen molar-refractivity contribution < 1.29 is 38.4 Å². The Bertz CT molecular complexity index is 1070. The molecule has 0 saturated heterocycles. The lowest BCUT2D eigenvalue weighted by Crippen LogP contribution is -2.46. The van der Waals surface area contributed by atoms with Crippen molar-refractivity contribution in [2.24, 2.45) is 11.3 Å². The number of carbonyl (C=O) groups excluding carboxylic acids is 8. The molecule has 0 aliphatic rings. The van der Waals surface area contributed by atoms with E-state index in [-0.39, 0.29) is 81.5 Å². The summed E-state index contributed by atoms with van der Waals surface area (Å²) in [6.07, 6.45) is 4.66. The van der Waals surface area contributed by atoms with Crippen LogP contribution in [0.1, 0.15) is 104 Å². The maximum absolute atomic E-state index is 12.9. The average molecular weight is 668 g/mol. The molecule has 0 fully saturated rings. The first kappa shape index (κ1) is 44.5. The maximum atomic E-state index is 12.9. The highest BCUT2D eigenvalue weighted by Crippen LogP contribution is 2.20. The maximum Gasteiger partial charge on any atom is 0.234 e. The summed E-state index contributed by atoms with van der Waals surface area (Å²) in [7, 11) is 15.2. The van der Waals surface area contributed by atoms with Crippen molar-refractivity contribution in [2.75, 3.05) is 32.7 Å². The summed E-state index contributed by atoms with van der Waals surface area (Å²) >= 11 is 0. The van der Waals surface area contributed by atoms with Crippen LogP contribution in [0.3, 0.4) is 0 Å². The van der Waals surface area contributed by atoms with Gasteiger partial charge in [-0.05, 0) is 38.5 Å². The number of hydrogen-bond acceptors (Lipinski definition) is 9. The van der Waals surface area contributed by atoms with Crippen molar-refractivity contribution in [1.29, 1.82) is 0 Å². The van der Waals surface area contributed by atoms with Gasteiger partial charge in [0, 0.05) is 57.0 Å². The molecule has 0 aliphatic carbocycles. The summed E-state index contributed by atoms with van der Waals surface area (Å²) in [6, 6.07) is 0. The number of amides is 5. The van der Waals surface area contributed by atoms with Gasteiger partial charge in [0.1, 0.15) is 17.3 Å². The van der Waals surface area contributed by atoms with Crippen LogP contribution in [0.4, 0.5) is 0 Å². The molecule has 0 aromatic heterocycles. The van der Waals surface area contributed by atoms with Gasteiger partial charge in [-0.25, -0.2) is 0 Å². The fraction of sp³-hybridized carbons (Fsp3) is 0.742. The smallest absolute Gasteiger partial charge is 0.234 e. The number of carbonyl (C=O) groups is 8. The molecule has 6 radical (unpaired) electrons. The summed E-state index contributed by atoms with van der Waals surface area (Å²) in [6.45, 7) is 5.35. The van der Waals surface area contributed by atoms with Crippen molar-refractivity contribution in [3.05, 3.63) is 0 Å². The van der Waals surface area contributed by atoms with Gasteiger partial charge in [-0.1, -0.05) is 27.2 Å². The second-order valence-corrected chi connectivity index (χ2v) is 12.8. The monoisotopic (exact) mass is 668 g/mol. The summed E-state index contributed by atoms with van der Waals surface area (Å²) in [4.78, 5) is 98.6. The highest BCUT2D eigenvalue weighted by molar-refractivity contribution is 6.15. The summed E-state index contributed by atoms with van der Waals surface area (Å²) < 4.78 is 0. The standard InChI is InChI=1S/C31H51B3N6O8/c1-31(2,3)25(43)13-7-6-12-24(42)18-22(30(48)36-16-10-8-14-26(44)37-32)17-23(41)11-5-4-9-15-35-27(45)19-40(20-28(46)38-33)21-29(47)39-34/h22H,4-21H2,1-3H3,(H,35,45)(H,36,48)(H,37,44)(H,38,46)(H,39,47)/t22-/m1/s1. The van der Waals surface area contributed by atoms with E-state index >= 15 is 0 Å². The highest BCUT2D eigenvalue weighted by Gasteiger charge is 2.25. The van der Waals surface area contributed by atoms with Crippen molar-refractivity contribution in [3.63, 3.8) is 0 Å². The van der Waals surface area contributed by atoms with Crippen LogP contribution in [0.2, 0.25) is 0 Å². The fourth-order valence-corrected chi connectivity index (χ4v) is 4.61. The Hall–Kier alpha value is -3.49. The lowest BCUT2D eigenvalue weighted by Gasteiger charge is -2.20. The van der Waals surface area contributed by atoms with E-state index in [1.807, 2.05) is 36.5 Å².